The molecule has 0 bridgehead atoms. The number of nitrogen functional groups attached to an aromatic ring is 1. The zero-order chi connectivity index (χ0) is 13.1. The van der Waals surface area contributed by atoms with E-state index in [0.717, 1.165) is 18.5 Å². The van der Waals surface area contributed by atoms with Crippen LogP contribution in [-0.4, -0.2) is 30.1 Å². The number of nitrogens with two attached hydrogens (primary N) is 1. The molecule has 1 aromatic rings. The fourth-order valence-corrected chi connectivity index (χ4v) is 2.60. The van der Waals surface area contributed by atoms with Crippen molar-refractivity contribution in [3.63, 3.8) is 0 Å². The quantitative estimate of drug-likeness (QED) is 0.564. The summed E-state index contributed by atoms with van der Waals surface area (Å²) in [6.07, 6.45) is 3.44. The van der Waals surface area contributed by atoms with E-state index in [1.807, 2.05) is 12.1 Å². The average Bonchev–Trinajstić information content (AvgIpc) is 2.25. The third kappa shape index (κ3) is 2.44. The second kappa shape index (κ2) is 5.59. The van der Waals surface area contributed by atoms with Gasteiger partial charge in [0, 0.05) is 18.3 Å². The van der Waals surface area contributed by atoms with E-state index in [1.165, 1.54) is 6.42 Å². The number of halogens is 1. The van der Waals surface area contributed by atoms with Crippen LogP contribution >= 0.6 is 11.6 Å². The molecule has 5 heteroatoms. The van der Waals surface area contributed by atoms with Gasteiger partial charge in [0.15, 0.2) is 0 Å². The molecule has 0 amide bonds. The van der Waals surface area contributed by atoms with Crippen LogP contribution in [0.4, 0.5) is 5.69 Å². The van der Waals surface area contributed by atoms with E-state index in [-0.39, 0.29) is 12.4 Å². The van der Waals surface area contributed by atoms with Crippen molar-refractivity contribution < 1.29 is 5.11 Å². The Balaban J connectivity index is 2.39. The molecule has 98 valence electrons. The highest BCUT2D eigenvalue weighted by Gasteiger charge is 2.27. The van der Waals surface area contributed by atoms with Gasteiger partial charge < -0.3 is 15.7 Å². The van der Waals surface area contributed by atoms with Crippen molar-refractivity contribution in [2.24, 2.45) is 5.73 Å². The molecule has 1 aromatic carbocycles. The first-order valence-electron chi connectivity index (χ1n) is 6.15. The summed E-state index contributed by atoms with van der Waals surface area (Å²) >= 11 is 6.12. The summed E-state index contributed by atoms with van der Waals surface area (Å²) in [5, 5.41) is 17.4. The first kappa shape index (κ1) is 13.2. The van der Waals surface area contributed by atoms with Gasteiger partial charge in [-0.1, -0.05) is 17.7 Å². The lowest BCUT2D eigenvalue weighted by atomic mass is 9.90. The molecule has 1 saturated carbocycles. The maximum Gasteiger partial charge on any atom is 0.126 e. The number of hydrogen-bond donors (Lipinski definition) is 3. The van der Waals surface area contributed by atoms with Crippen LogP contribution in [0.1, 0.15) is 24.8 Å². The molecule has 1 aliphatic rings. The van der Waals surface area contributed by atoms with Crippen LogP contribution in [0.3, 0.4) is 0 Å². The van der Waals surface area contributed by atoms with E-state index in [2.05, 4.69) is 4.90 Å². The highest BCUT2D eigenvalue weighted by molar-refractivity contribution is 6.34. The molecule has 18 heavy (non-hydrogen) atoms. The molecule has 0 spiro atoms. The molecule has 2 rings (SSSR count). The van der Waals surface area contributed by atoms with Crippen molar-refractivity contribution in [1.82, 2.24) is 0 Å². The van der Waals surface area contributed by atoms with Gasteiger partial charge in [0.2, 0.25) is 0 Å². The van der Waals surface area contributed by atoms with Crippen LogP contribution in [-0.2, 0) is 0 Å². The topological polar surface area (TPSA) is 73.3 Å². The Morgan fingerprint density at radius 1 is 1.50 bits per heavy atom. The molecule has 1 fully saturated rings. The Morgan fingerprint density at radius 3 is 2.72 bits per heavy atom. The van der Waals surface area contributed by atoms with E-state index >= 15 is 0 Å². The lowest BCUT2D eigenvalue weighted by molar-refractivity contribution is 0.283. The average molecular weight is 268 g/mol. The number of aliphatic hydroxyl groups excluding tert-OH is 1. The summed E-state index contributed by atoms with van der Waals surface area (Å²) in [6.45, 7) is 0.631. The van der Waals surface area contributed by atoms with Gasteiger partial charge in [0.05, 0.1) is 17.2 Å². The standard InChI is InChI=1S/C13H18ClN3O/c14-10-5-2-6-11(12(10)13(15)16)17(7-8-18)9-3-1-4-9/h2,5-6,9,18H,1,3-4,7-8H2,(H3,15,16). The number of nitrogens with one attached hydrogen (secondary N) is 1. The molecule has 4 N–H and O–H groups in total. The van der Waals surface area contributed by atoms with E-state index < -0.39 is 0 Å². The molecule has 0 unspecified atom stereocenters. The molecule has 0 atom stereocenters. The normalized spacial score (nSPS) is 15.2. The molecule has 0 aromatic heterocycles. The van der Waals surface area contributed by atoms with E-state index in [0.29, 0.717) is 23.2 Å². The minimum absolute atomic E-state index is 0.0298. The van der Waals surface area contributed by atoms with Gasteiger partial charge >= 0.3 is 0 Å². The Labute approximate surface area is 112 Å². The van der Waals surface area contributed by atoms with Gasteiger partial charge in [-0.05, 0) is 31.4 Å². The van der Waals surface area contributed by atoms with E-state index in [1.54, 1.807) is 6.07 Å². The highest BCUT2D eigenvalue weighted by Crippen LogP contribution is 2.33. The SMILES string of the molecule is N=C(N)c1c(Cl)cccc1N(CCO)C1CCC1. The summed E-state index contributed by atoms with van der Waals surface area (Å²) in [4.78, 5) is 2.12. The Bertz CT molecular complexity index is 446. The zero-order valence-electron chi connectivity index (χ0n) is 10.2. The number of amidine groups is 1. The molecule has 1 aliphatic carbocycles. The van der Waals surface area contributed by atoms with Gasteiger partial charge in [-0.25, -0.2) is 0 Å². The highest BCUT2D eigenvalue weighted by atomic mass is 35.5. The molecule has 4 nitrogen and oxygen atoms in total. The second-order valence-electron chi connectivity index (χ2n) is 4.55. The first-order chi connectivity index (χ1) is 8.65. The number of hydrogen-bond acceptors (Lipinski definition) is 3. The van der Waals surface area contributed by atoms with Gasteiger partial charge in [-0.2, -0.15) is 0 Å². The van der Waals surface area contributed by atoms with Crippen LogP contribution in [0.5, 0.6) is 0 Å². The first-order valence-corrected chi connectivity index (χ1v) is 6.53. The number of aliphatic hydroxyl groups is 1. The van der Waals surface area contributed by atoms with Crippen molar-refractivity contribution >= 4 is 23.1 Å². The summed E-state index contributed by atoms with van der Waals surface area (Å²) in [7, 11) is 0. The summed E-state index contributed by atoms with van der Waals surface area (Å²) in [5.74, 6) is -0.0298. The fourth-order valence-electron chi connectivity index (χ4n) is 2.32. The van der Waals surface area contributed by atoms with Crippen LogP contribution in [0.25, 0.3) is 0 Å². The molecule has 0 aliphatic heterocycles. The maximum absolute atomic E-state index is 9.21. The monoisotopic (exact) mass is 267 g/mol. The molecule has 0 heterocycles. The number of nitrogens with zero attached hydrogens (tertiary/aromatic N) is 1. The summed E-state index contributed by atoms with van der Waals surface area (Å²) in [5.41, 5.74) is 7.04. The van der Waals surface area contributed by atoms with Gasteiger partial charge in [0.1, 0.15) is 5.84 Å². The van der Waals surface area contributed by atoms with Crippen LogP contribution in [0, 0.1) is 5.41 Å². The lowest BCUT2D eigenvalue weighted by Crippen LogP contribution is -2.43. The van der Waals surface area contributed by atoms with Crippen molar-refractivity contribution in [3.05, 3.63) is 28.8 Å². The Kier molecular flexibility index (Phi) is 4.09. The molecular weight excluding hydrogens is 250 g/mol. The Morgan fingerprint density at radius 2 is 2.22 bits per heavy atom. The minimum Gasteiger partial charge on any atom is -0.395 e. The van der Waals surface area contributed by atoms with Crippen LogP contribution in [0.15, 0.2) is 18.2 Å². The lowest BCUT2D eigenvalue weighted by Gasteiger charge is -2.40. The maximum atomic E-state index is 9.21. The van der Waals surface area contributed by atoms with Crippen molar-refractivity contribution in [2.75, 3.05) is 18.1 Å². The van der Waals surface area contributed by atoms with Gasteiger partial charge in [-0.15, -0.1) is 0 Å². The third-order valence-corrected chi connectivity index (χ3v) is 3.74. The van der Waals surface area contributed by atoms with Gasteiger partial charge in [0.25, 0.3) is 0 Å². The van der Waals surface area contributed by atoms with Gasteiger partial charge in [-0.3, -0.25) is 5.41 Å². The largest absolute Gasteiger partial charge is 0.395 e. The predicted octanol–water partition coefficient (Wildman–Crippen LogP) is 1.98. The second-order valence-corrected chi connectivity index (χ2v) is 4.96. The molecular formula is C13H18ClN3O. The fraction of sp³-hybridized carbons (Fsp3) is 0.462. The summed E-state index contributed by atoms with van der Waals surface area (Å²) in [6, 6.07) is 5.93. The summed E-state index contributed by atoms with van der Waals surface area (Å²) < 4.78 is 0. The predicted molar refractivity (Wildman–Crippen MR) is 74.5 cm³/mol. The molecule has 0 radical (unpaired) electrons. The third-order valence-electron chi connectivity index (χ3n) is 3.43. The van der Waals surface area contributed by atoms with Crippen LogP contribution < -0.4 is 10.6 Å². The number of benzene rings is 1. The van der Waals surface area contributed by atoms with Crippen molar-refractivity contribution in [2.45, 2.75) is 25.3 Å². The molecule has 0 saturated heterocycles. The number of anilines is 1. The van der Waals surface area contributed by atoms with Crippen molar-refractivity contribution in [3.8, 4) is 0 Å². The van der Waals surface area contributed by atoms with E-state index in [9.17, 15) is 5.11 Å². The van der Waals surface area contributed by atoms with E-state index in [4.69, 9.17) is 22.7 Å². The number of rotatable bonds is 5. The smallest absolute Gasteiger partial charge is 0.126 e. The Hall–Kier alpha value is -1.26. The minimum atomic E-state index is -0.0298. The van der Waals surface area contributed by atoms with Crippen molar-refractivity contribution in [1.29, 1.82) is 5.41 Å². The zero-order valence-corrected chi connectivity index (χ0v) is 11.0. The van der Waals surface area contributed by atoms with Crippen LogP contribution in [0.2, 0.25) is 5.02 Å².